The van der Waals surface area contributed by atoms with Crippen molar-refractivity contribution in [1.82, 2.24) is 15.1 Å². The Morgan fingerprint density at radius 3 is 2.48 bits per heavy atom. The van der Waals surface area contributed by atoms with Crippen LogP contribution in [0, 0.1) is 5.82 Å². The van der Waals surface area contributed by atoms with E-state index >= 15 is 0 Å². The Hall–Kier alpha value is -2.31. The zero-order chi connectivity index (χ0) is 22.4. The zero-order valence-electron chi connectivity index (χ0n) is 18.4. The molecule has 1 N–H and O–H groups in total. The molecular formula is C24H31ClFN3O2. The second-order valence-electron chi connectivity index (χ2n) is 8.43. The van der Waals surface area contributed by atoms with Crippen molar-refractivity contribution in [2.24, 2.45) is 0 Å². The fourth-order valence-electron chi connectivity index (χ4n) is 3.64. The number of amides is 2. The topological polar surface area (TPSA) is 44.8 Å². The van der Waals surface area contributed by atoms with Gasteiger partial charge in [0.2, 0.25) is 0 Å². The minimum absolute atomic E-state index is 0.0931. The highest BCUT2D eigenvalue weighted by Gasteiger charge is 2.23. The fourth-order valence-corrected chi connectivity index (χ4v) is 3.80. The maximum atomic E-state index is 14.4. The molecule has 1 fully saturated rings. The number of carbonyl (C=O) groups is 1. The van der Waals surface area contributed by atoms with Gasteiger partial charge in [-0.25, -0.2) is 9.18 Å². The third kappa shape index (κ3) is 7.11. The summed E-state index contributed by atoms with van der Waals surface area (Å²) in [4.78, 5) is 17.0. The van der Waals surface area contributed by atoms with Gasteiger partial charge >= 0.3 is 6.03 Å². The SMILES string of the molecule is CC(C)Oc1ccc(CN(Cc2ccc(Cl)cc2F)C(=O)NC2CCN(C)CC2)cc1. The molecule has 2 aromatic rings. The number of hydrogen-bond acceptors (Lipinski definition) is 3. The molecule has 1 heterocycles. The van der Waals surface area contributed by atoms with E-state index in [1.807, 2.05) is 38.1 Å². The van der Waals surface area contributed by atoms with Crippen molar-refractivity contribution < 1.29 is 13.9 Å². The first kappa shape index (κ1) is 23.4. The number of benzene rings is 2. The van der Waals surface area contributed by atoms with Crippen LogP contribution in [0.2, 0.25) is 5.02 Å². The van der Waals surface area contributed by atoms with Crippen LogP contribution < -0.4 is 10.1 Å². The lowest BCUT2D eigenvalue weighted by Gasteiger charge is -2.32. The van der Waals surface area contributed by atoms with E-state index in [-0.39, 0.29) is 24.7 Å². The second-order valence-corrected chi connectivity index (χ2v) is 8.87. The molecule has 5 nitrogen and oxygen atoms in total. The van der Waals surface area contributed by atoms with Crippen LogP contribution in [0.5, 0.6) is 5.75 Å². The van der Waals surface area contributed by atoms with Crippen LogP contribution in [0.25, 0.3) is 0 Å². The predicted molar refractivity (Wildman–Crippen MR) is 122 cm³/mol. The van der Waals surface area contributed by atoms with Crippen molar-refractivity contribution in [3.8, 4) is 5.75 Å². The molecule has 0 aromatic heterocycles. The van der Waals surface area contributed by atoms with Crippen molar-refractivity contribution in [2.45, 2.75) is 51.9 Å². The summed E-state index contributed by atoms with van der Waals surface area (Å²) < 4.78 is 20.1. The molecule has 0 atom stereocenters. The molecule has 2 aromatic carbocycles. The summed E-state index contributed by atoms with van der Waals surface area (Å²) in [5.74, 6) is 0.370. The number of halogens is 2. The van der Waals surface area contributed by atoms with Crippen molar-refractivity contribution >= 4 is 17.6 Å². The summed E-state index contributed by atoms with van der Waals surface area (Å²) in [5.41, 5.74) is 1.38. The third-order valence-electron chi connectivity index (χ3n) is 5.38. The van der Waals surface area contributed by atoms with Crippen LogP contribution in [0.15, 0.2) is 42.5 Å². The largest absolute Gasteiger partial charge is 0.491 e. The molecule has 0 bridgehead atoms. The quantitative estimate of drug-likeness (QED) is 0.644. The van der Waals surface area contributed by atoms with E-state index in [1.165, 1.54) is 6.07 Å². The van der Waals surface area contributed by atoms with Gasteiger partial charge in [0.1, 0.15) is 11.6 Å². The van der Waals surface area contributed by atoms with E-state index in [1.54, 1.807) is 17.0 Å². The van der Waals surface area contributed by atoms with Gasteiger partial charge in [0.15, 0.2) is 0 Å². The van der Waals surface area contributed by atoms with E-state index in [9.17, 15) is 9.18 Å². The van der Waals surface area contributed by atoms with Crippen molar-refractivity contribution in [3.63, 3.8) is 0 Å². The Morgan fingerprint density at radius 1 is 1.19 bits per heavy atom. The zero-order valence-corrected chi connectivity index (χ0v) is 19.2. The lowest BCUT2D eigenvalue weighted by molar-refractivity contribution is 0.175. The van der Waals surface area contributed by atoms with E-state index in [4.69, 9.17) is 16.3 Å². The standard InChI is InChI=1S/C24H31ClFN3O2/c1-17(2)31-22-8-4-18(5-9-22)15-29(16-19-6-7-20(25)14-23(19)26)24(30)27-21-10-12-28(3)13-11-21/h4-9,14,17,21H,10-13,15-16H2,1-3H3,(H,27,30). The van der Waals surface area contributed by atoms with Crippen LogP contribution in [0.4, 0.5) is 9.18 Å². The van der Waals surface area contributed by atoms with Crippen LogP contribution in [-0.4, -0.2) is 48.1 Å². The lowest BCUT2D eigenvalue weighted by atomic mass is 10.1. The van der Waals surface area contributed by atoms with Crippen molar-refractivity contribution in [2.75, 3.05) is 20.1 Å². The Balaban J connectivity index is 1.73. The number of nitrogens with one attached hydrogen (secondary N) is 1. The van der Waals surface area contributed by atoms with Crippen LogP contribution in [-0.2, 0) is 13.1 Å². The van der Waals surface area contributed by atoms with E-state index in [0.29, 0.717) is 17.1 Å². The molecule has 31 heavy (non-hydrogen) atoms. The fraction of sp³-hybridized carbons (Fsp3) is 0.458. The molecule has 0 radical (unpaired) electrons. The summed E-state index contributed by atoms with van der Waals surface area (Å²) >= 11 is 5.89. The van der Waals surface area contributed by atoms with E-state index in [2.05, 4.69) is 17.3 Å². The summed E-state index contributed by atoms with van der Waals surface area (Å²) in [6.07, 6.45) is 1.91. The first-order chi connectivity index (χ1) is 14.8. The van der Waals surface area contributed by atoms with Gasteiger partial charge in [-0.15, -0.1) is 0 Å². The number of piperidine rings is 1. The molecule has 1 aliphatic rings. The summed E-state index contributed by atoms with van der Waals surface area (Å²) in [6, 6.07) is 12.2. The maximum absolute atomic E-state index is 14.4. The predicted octanol–water partition coefficient (Wildman–Crippen LogP) is 5.07. The number of ether oxygens (including phenoxy) is 1. The second kappa shape index (κ2) is 10.8. The molecule has 2 amide bonds. The van der Waals surface area contributed by atoms with Gasteiger partial charge in [0.25, 0.3) is 0 Å². The minimum atomic E-state index is -0.412. The van der Waals surface area contributed by atoms with Gasteiger partial charge in [-0.05, 0) is 76.7 Å². The van der Waals surface area contributed by atoms with Crippen LogP contribution in [0.3, 0.4) is 0 Å². The van der Waals surface area contributed by atoms with E-state index in [0.717, 1.165) is 37.2 Å². The molecule has 3 rings (SSSR count). The first-order valence-corrected chi connectivity index (χ1v) is 11.1. The number of carbonyl (C=O) groups excluding carboxylic acids is 1. The van der Waals surface area contributed by atoms with Gasteiger partial charge < -0.3 is 19.9 Å². The lowest BCUT2D eigenvalue weighted by Crippen LogP contribution is -2.48. The third-order valence-corrected chi connectivity index (χ3v) is 5.61. The van der Waals surface area contributed by atoms with Gasteiger partial charge in [-0.3, -0.25) is 0 Å². The van der Waals surface area contributed by atoms with Gasteiger partial charge in [0, 0.05) is 23.2 Å². The van der Waals surface area contributed by atoms with Gasteiger partial charge in [-0.1, -0.05) is 29.8 Å². The molecule has 0 aliphatic carbocycles. The number of hydrogen-bond donors (Lipinski definition) is 1. The summed E-state index contributed by atoms with van der Waals surface area (Å²) in [7, 11) is 2.08. The molecule has 0 saturated carbocycles. The maximum Gasteiger partial charge on any atom is 0.318 e. The Kier molecular flexibility index (Phi) is 8.15. The smallest absolute Gasteiger partial charge is 0.318 e. The van der Waals surface area contributed by atoms with E-state index < -0.39 is 5.82 Å². The Morgan fingerprint density at radius 2 is 1.87 bits per heavy atom. The summed E-state index contributed by atoms with van der Waals surface area (Å²) in [5, 5.41) is 3.47. The van der Waals surface area contributed by atoms with Crippen LogP contribution >= 0.6 is 11.6 Å². The molecule has 168 valence electrons. The van der Waals surface area contributed by atoms with Crippen molar-refractivity contribution in [3.05, 3.63) is 64.4 Å². The molecule has 7 heteroatoms. The number of rotatable bonds is 7. The normalized spacial score (nSPS) is 15.2. The Bertz CT molecular complexity index is 868. The average molecular weight is 448 g/mol. The minimum Gasteiger partial charge on any atom is -0.491 e. The highest BCUT2D eigenvalue weighted by Crippen LogP contribution is 2.20. The molecule has 1 saturated heterocycles. The van der Waals surface area contributed by atoms with Gasteiger partial charge in [-0.2, -0.15) is 0 Å². The van der Waals surface area contributed by atoms with Crippen LogP contribution in [0.1, 0.15) is 37.8 Å². The Labute approximate surface area is 189 Å². The molecule has 0 spiro atoms. The van der Waals surface area contributed by atoms with Crippen molar-refractivity contribution in [1.29, 1.82) is 0 Å². The monoisotopic (exact) mass is 447 g/mol. The number of urea groups is 1. The van der Waals surface area contributed by atoms with Gasteiger partial charge in [0.05, 0.1) is 12.6 Å². The number of likely N-dealkylation sites (tertiary alicyclic amines) is 1. The molecule has 1 aliphatic heterocycles. The highest BCUT2D eigenvalue weighted by atomic mass is 35.5. The molecular weight excluding hydrogens is 417 g/mol. The number of nitrogens with zero attached hydrogens (tertiary/aromatic N) is 2. The first-order valence-electron chi connectivity index (χ1n) is 10.7. The molecule has 0 unspecified atom stereocenters. The summed E-state index contributed by atoms with van der Waals surface area (Å²) in [6.45, 7) is 6.38. The highest BCUT2D eigenvalue weighted by molar-refractivity contribution is 6.30. The average Bonchev–Trinajstić information content (AvgIpc) is 2.72.